The molecule has 5 rings (SSSR count). The van der Waals surface area contributed by atoms with Crippen LogP contribution in [0.2, 0.25) is 0 Å². The maximum atomic E-state index is 12.8. The van der Waals surface area contributed by atoms with Crippen LogP contribution in [0.3, 0.4) is 0 Å². The van der Waals surface area contributed by atoms with Crippen LogP contribution in [0.15, 0.2) is 48.7 Å². The van der Waals surface area contributed by atoms with Crippen LogP contribution in [-0.4, -0.2) is 71.4 Å². The SMILES string of the molecule is N#Cc1cc(-c2ccnc(Cc3cccc(C(=O)N4CCOCC4)n3)n2)ccc1OC1CCOCC1. The third-order valence-corrected chi connectivity index (χ3v) is 6.23. The van der Waals surface area contributed by atoms with E-state index >= 15 is 0 Å². The molecular weight excluding hydrogens is 458 g/mol. The van der Waals surface area contributed by atoms with Crippen LogP contribution in [0.1, 0.15) is 40.4 Å². The molecule has 0 saturated carbocycles. The van der Waals surface area contributed by atoms with Crippen molar-refractivity contribution in [2.45, 2.75) is 25.4 Å². The third kappa shape index (κ3) is 5.67. The Hall–Kier alpha value is -3.87. The van der Waals surface area contributed by atoms with Gasteiger partial charge in [0, 0.05) is 43.4 Å². The predicted octanol–water partition coefficient (Wildman–Crippen LogP) is 3.03. The highest BCUT2D eigenvalue weighted by molar-refractivity contribution is 5.92. The minimum atomic E-state index is -0.0955. The lowest BCUT2D eigenvalue weighted by Crippen LogP contribution is -2.41. The molecule has 9 nitrogen and oxygen atoms in total. The second-order valence-electron chi connectivity index (χ2n) is 8.71. The highest BCUT2D eigenvalue weighted by atomic mass is 16.5. The van der Waals surface area contributed by atoms with Gasteiger partial charge in [0.25, 0.3) is 5.91 Å². The second kappa shape index (κ2) is 11.2. The van der Waals surface area contributed by atoms with Gasteiger partial charge in [-0.15, -0.1) is 0 Å². The van der Waals surface area contributed by atoms with Gasteiger partial charge < -0.3 is 19.1 Å². The molecule has 2 aromatic heterocycles. The molecule has 0 radical (unpaired) electrons. The summed E-state index contributed by atoms with van der Waals surface area (Å²) in [6.45, 7) is 3.57. The lowest BCUT2D eigenvalue weighted by molar-refractivity contribution is 0.0254. The number of nitrogens with zero attached hydrogens (tertiary/aromatic N) is 5. The van der Waals surface area contributed by atoms with Gasteiger partial charge in [0.05, 0.1) is 44.1 Å². The molecule has 9 heteroatoms. The Morgan fingerprint density at radius 1 is 1.06 bits per heavy atom. The summed E-state index contributed by atoms with van der Waals surface area (Å²) in [5, 5.41) is 9.70. The zero-order valence-corrected chi connectivity index (χ0v) is 19.9. The Bertz CT molecular complexity index is 1260. The molecule has 36 heavy (non-hydrogen) atoms. The summed E-state index contributed by atoms with van der Waals surface area (Å²) < 4.78 is 16.8. The van der Waals surface area contributed by atoms with Crippen LogP contribution >= 0.6 is 0 Å². The Balaban J connectivity index is 1.31. The Kier molecular flexibility index (Phi) is 7.45. The van der Waals surface area contributed by atoms with E-state index in [-0.39, 0.29) is 12.0 Å². The lowest BCUT2D eigenvalue weighted by Gasteiger charge is -2.26. The third-order valence-electron chi connectivity index (χ3n) is 6.23. The number of hydrogen-bond donors (Lipinski definition) is 0. The molecule has 0 bridgehead atoms. The van der Waals surface area contributed by atoms with Crippen molar-refractivity contribution < 1.29 is 19.0 Å². The van der Waals surface area contributed by atoms with Crippen LogP contribution in [0.5, 0.6) is 5.75 Å². The van der Waals surface area contributed by atoms with Gasteiger partial charge in [-0.05, 0) is 36.4 Å². The van der Waals surface area contributed by atoms with Crippen molar-refractivity contribution in [1.29, 1.82) is 5.26 Å². The fourth-order valence-corrected chi connectivity index (χ4v) is 4.29. The molecule has 0 aliphatic carbocycles. The zero-order chi connectivity index (χ0) is 24.7. The highest BCUT2D eigenvalue weighted by Gasteiger charge is 2.20. The number of rotatable bonds is 6. The van der Waals surface area contributed by atoms with E-state index in [4.69, 9.17) is 19.2 Å². The van der Waals surface area contributed by atoms with Crippen molar-refractivity contribution in [2.75, 3.05) is 39.5 Å². The summed E-state index contributed by atoms with van der Waals surface area (Å²) in [5.41, 5.74) is 3.09. The van der Waals surface area contributed by atoms with Crippen LogP contribution < -0.4 is 4.74 Å². The van der Waals surface area contributed by atoms with E-state index in [1.54, 1.807) is 23.2 Å². The molecule has 1 amide bonds. The van der Waals surface area contributed by atoms with E-state index in [9.17, 15) is 10.1 Å². The molecule has 4 heterocycles. The molecule has 2 saturated heterocycles. The Labute approximate surface area is 209 Å². The first kappa shape index (κ1) is 23.9. The lowest BCUT2D eigenvalue weighted by atomic mass is 10.1. The van der Waals surface area contributed by atoms with Crippen molar-refractivity contribution >= 4 is 5.91 Å². The van der Waals surface area contributed by atoms with Gasteiger partial charge in [0.2, 0.25) is 0 Å². The quantitative estimate of drug-likeness (QED) is 0.524. The number of carbonyl (C=O) groups is 1. The van der Waals surface area contributed by atoms with E-state index in [0.29, 0.717) is 80.2 Å². The first-order valence-electron chi connectivity index (χ1n) is 12.1. The van der Waals surface area contributed by atoms with Crippen LogP contribution in [0, 0.1) is 11.3 Å². The van der Waals surface area contributed by atoms with Crippen molar-refractivity contribution in [3.8, 4) is 23.1 Å². The number of benzene rings is 1. The van der Waals surface area contributed by atoms with Gasteiger partial charge in [0.15, 0.2) is 0 Å². The maximum absolute atomic E-state index is 12.8. The van der Waals surface area contributed by atoms with Crippen LogP contribution in [-0.2, 0) is 15.9 Å². The van der Waals surface area contributed by atoms with Crippen molar-refractivity contribution in [1.82, 2.24) is 19.9 Å². The van der Waals surface area contributed by atoms with Gasteiger partial charge in [-0.25, -0.2) is 15.0 Å². The summed E-state index contributed by atoms with van der Waals surface area (Å²) in [6, 6.07) is 15.0. The van der Waals surface area contributed by atoms with Gasteiger partial charge >= 0.3 is 0 Å². The summed E-state index contributed by atoms with van der Waals surface area (Å²) in [4.78, 5) is 28.2. The molecule has 2 aliphatic rings. The standard InChI is InChI=1S/C27H27N5O4/c28-18-20-16-19(4-5-25(20)36-22-7-12-34-13-8-22)23-6-9-29-26(31-23)17-21-2-1-3-24(30-21)27(33)32-10-14-35-15-11-32/h1-6,9,16,22H,7-8,10-15,17H2. The summed E-state index contributed by atoms with van der Waals surface area (Å²) >= 11 is 0. The number of morpholine rings is 1. The molecular formula is C27H27N5O4. The first-order chi connectivity index (χ1) is 17.7. The van der Waals surface area contributed by atoms with Crippen LogP contribution in [0.4, 0.5) is 0 Å². The summed E-state index contributed by atoms with van der Waals surface area (Å²) in [7, 11) is 0. The monoisotopic (exact) mass is 485 g/mol. The van der Waals surface area contributed by atoms with Gasteiger partial charge in [-0.2, -0.15) is 5.26 Å². The summed E-state index contributed by atoms with van der Waals surface area (Å²) in [5.74, 6) is 1.06. The minimum Gasteiger partial charge on any atom is -0.489 e. The molecule has 0 spiro atoms. The van der Waals surface area contributed by atoms with Gasteiger partial charge in [0.1, 0.15) is 29.4 Å². The van der Waals surface area contributed by atoms with Crippen LogP contribution in [0.25, 0.3) is 11.3 Å². The van der Waals surface area contributed by atoms with Crippen molar-refractivity contribution in [2.24, 2.45) is 0 Å². The molecule has 3 aromatic rings. The fraction of sp³-hybridized carbons (Fsp3) is 0.370. The number of pyridine rings is 1. The topological polar surface area (TPSA) is 110 Å². The fourth-order valence-electron chi connectivity index (χ4n) is 4.29. The number of amides is 1. The van der Waals surface area contributed by atoms with E-state index < -0.39 is 0 Å². The van der Waals surface area contributed by atoms with E-state index in [0.717, 1.165) is 18.4 Å². The Morgan fingerprint density at radius 3 is 2.67 bits per heavy atom. The molecule has 0 unspecified atom stereocenters. The number of carbonyl (C=O) groups excluding carboxylic acids is 1. The molecule has 2 fully saturated rings. The number of hydrogen-bond acceptors (Lipinski definition) is 8. The largest absolute Gasteiger partial charge is 0.489 e. The minimum absolute atomic E-state index is 0.0562. The normalized spacial score (nSPS) is 16.4. The number of aromatic nitrogens is 3. The van der Waals surface area contributed by atoms with Crippen molar-refractivity contribution in [3.63, 3.8) is 0 Å². The smallest absolute Gasteiger partial charge is 0.272 e. The van der Waals surface area contributed by atoms with Gasteiger partial charge in [-0.1, -0.05) is 6.07 Å². The molecule has 184 valence electrons. The number of ether oxygens (including phenoxy) is 3. The highest BCUT2D eigenvalue weighted by Crippen LogP contribution is 2.27. The first-order valence-corrected chi connectivity index (χ1v) is 12.1. The molecule has 1 aromatic carbocycles. The average Bonchev–Trinajstić information content (AvgIpc) is 2.94. The maximum Gasteiger partial charge on any atom is 0.272 e. The second-order valence-corrected chi connectivity index (χ2v) is 8.71. The van der Waals surface area contributed by atoms with Gasteiger partial charge in [-0.3, -0.25) is 4.79 Å². The molecule has 0 atom stereocenters. The Morgan fingerprint density at radius 2 is 1.86 bits per heavy atom. The summed E-state index contributed by atoms with van der Waals surface area (Å²) in [6.07, 6.45) is 3.76. The van der Waals surface area contributed by atoms with E-state index in [2.05, 4.69) is 16.0 Å². The zero-order valence-electron chi connectivity index (χ0n) is 19.9. The van der Waals surface area contributed by atoms with E-state index in [1.165, 1.54) is 0 Å². The number of nitriles is 1. The molecule has 0 N–H and O–H groups in total. The average molecular weight is 486 g/mol. The van der Waals surface area contributed by atoms with E-state index in [1.807, 2.05) is 30.3 Å². The van der Waals surface area contributed by atoms with Crippen molar-refractivity contribution in [3.05, 3.63) is 71.4 Å². The molecule has 2 aliphatic heterocycles. The predicted molar refractivity (Wildman–Crippen MR) is 130 cm³/mol.